The minimum Gasteiger partial charge on any atom is -0.361 e. The van der Waals surface area contributed by atoms with E-state index in [-0.39, 0.29) is 11.1 Å². The molecule has 4 rings (SSSR count). The second-order valence-electron chi connectivity index (χ2n) is 5.49. The molecule has 3 heterocycles. The first-order chi connectivity index (χ1) is 11.6. The van der Waals surface area contributed by atoms with Gasteiger partial charge in [-0.15, -0.1) is 5.10 Å². The van der Waals surface area contributed by atoms with Crippen LogP contribution >= 0.6 is 0 Å². The van der Waals surface area contributed by atoms with Crippen LogP contribution in [0.1, 0.15) is 17.0 Å². The Kier molecular flexibility index (Phi) is 3.23. The minimum absolute atomic E-state index is 0.230. The van der Waals surface area contributed by atoms with E-state index in [0.717, 1.165) is 16.9 Å². The Balaban J connectivity index is 1.81. The highest BCUT2D eigenvalue weighted by Gasteiger charge is 2.15. The van der Waals surface area contributed by atoms with E-state index in [4.69, 9.17) is 4.52 Å². The van der Waals surface area contributed by atoms with E-state index in [9.17, 15) is 4.79 Å². The molecule has 0 bridgehead atoms. The number of aromatic nitrogens is 6. The van der Waals surface area contributed by atoms with Gasteiger partial charge < -0.3 is 4.52 Å². The first-order valence-electron chi connectivity index (χ1n) is 7.43. The van der Waals surface area contributed by atoms with Crippen LogP contribution in [0.5, 0.6) is 0 Å². The molecule has 0 fully saturated rings. The zero-order chi connectivity index (χ0) is 16.7. The van der Waals surface area contributed by atoms with Crippen LogP contribution in [-0.2, 0) is 6.54 Å². The summed E-state index contributed by atoms with van der Waals surface area (Å²) < 4.78 is 8.18. The average Bonchev–Trinajstić information content (AvgIpc) is 3.17. The maximum atomic E-state index is 12.7. The second kappa shape index (κ2) is 5.41. The van der Waals surface area contributed by atoms with Crippen molar-refractivity contribution in [1.29, 1.82) is 0 Å². The normalized spacial score (nSPS) is 11.2. The average molecular weight is 322 g/mol. The van der Waals surface area contributed by atoms with Gasteiger partial charge in [0, 0.05) is 5.56 Å². The highest BCUT2D eigenvalue weighted by Crippen LogP contribution is 2.14. The molecule has 0 saturated carbocycles. The maximum absolute atomic E-state index is 12.7. The van der Waals surface area contributed by atoms with Gasteiger partial charge in [0.05, 0.1) is 17.9 Å². The van der Waals surface area contributed by atoms with Crippen molar-refractivity contribution in [3.63, 3.8) is 0 Å². The van der Waals surface area contributed by atoms with Crippen molar-refractivity contribution in [2.45, 2.75) is 20.4 Å². The van der Waals surface area contributed by atoms with Gasteiger partial charge in [-0.05, 0) is 26.0 Å². The van der Waals surface area contributed by atoms with E-state index in [1.165, 1.54) is 10.9 Å². The molecule has 0 saturated heterocycles. The summed E-state index contributed by atoms with van der Waals surface area (Å²) >= 11 is 0. The lowest BCUT2D eigenvalue weighted by Gasteiger charge is -2.05. The minimum atomic E-state index is -0.248. The lowest BCUT2D eigenvalue weighted by molar-refractivity contribution is 0.392. The Morgan fingerprint density at radius 3 is 2.67 bits per heavy atom. The molecule has 8 heteroatoms. The summed E-state index contributed by atoms with van der Waals surface area (Å²) in [5, 5.41) is 12.0. The second-order valence-corrected chi connectivity index (χ2v) is 5.49. The van der Waals surface area contributed by atoms with Crippen molar-refractivity contribution in [1.82, 2.24) is 29.7 Å². The summed E-state index contributed by atoms with van der Waals surface area (Å²) in [6.45, 7) is 3.99. The molecule has 3 aromatic heterocycles. The molecule has 8 nitrogen and oxygen atoms in total. The van der Waals surface area contributed by atoms with Gasteiger partial charge in [-0.3, -0.25) is 9.36 Å². The van der Waals surface area contributed by atoms with Gasteiger partial charge in [-0.2, -0.15) is 4.68 Å². The number of fused-ring (bicyclic) bond motifs is 1. The van der Waals surface area contributed by atoms with Crippen molar-refractivity contribution < 1.29 is 4.52 Å². The number of para-hydroxylation sites is 1. The van der Waals surface area contributed by atoms with Gasteiger partial charge in [0.25, 0.3) is 5.56 Å². The quantitative estimate of drug-likeness (QED) is 0.569. The first kappa shape index (κ1) is 14.3. The van der Waals surface area contributed by atoms with E-state index in [2.05, 4.69) is 20.5 Å². The molecule has 0 aliphatic rings. The van der Waals surface area contributed by atoms with E-state index in [1.807, 2.05) is 44.2 Å². The van der Waals surface area contributed by atoms with E-state index >= 15 is 0 Å². The number of nitrogens with zero attached hydrogens (tertiary/aromatic N) is 6. The molecule has 0 spiro atoms. The van der Waals surface area contributed by atoms with E-state index < -0.39 is 0 Å². The largest absolute Gasteiger partial charge is 0.361 e. The lowest BCUT2D eigenvalue weighted by Crippen LogP contribution is -2.22. The topological polar surface area (TPSA) is 91.6 Å². The fourth-order valence-electron chi connectivity index (χ4n) is 2.60. The Hall–Kier alpha value is -3.29. The molecule has 0 atom stereocenters. The Labute approximate surface area is 136 Å². The Morgan fingerprint density at radius 1 is 1.17 bits per heavy atom. The van der Waals surface area contributed by atoms with Crippen molar-refractivity contribution in [3.05, 3.63) is 64.0 Å². The number of benzene rings is 1. The summed E-state index contributed by atoms with van der Waals surface area (Å²) in [7, 11) is 0. The highest BCUT2D eigenvalue weighted by atomic mass is 16.5. The molecule has 4 aromatic rings. The maximum Gasteiger partial charge on any atom is 0.283 e. The molecule has 0 N–H and O–H groups in total. The van der Waals surface area contributed by atoms with Crippen molar-refractivity contribution in [3.8, 4) is 5.69 Å². The third-order valence-corrected chi connectivity index (χ3v) is 3.94. The molecule has 120 valence electrons. The standard InChI is InChI=1S/C16H14N6O2/c1-10-13(11(2)24-19-10)8-21-9-17-15-14(16(21)23)18-20-22(15)12-6-4-3-5-7-12/h3-7,9H,8H2,1-2H3. The third-order valence-electron chi connectivity index (χ3n) is 3.94. The molecule has 1 aromatic carbocycles. The predicted octanol–water partition coefficient (Wildman–Crippen LogP) is 1.63. The molecule has 24 heavy (non-hydrogen) atoms. The fraction of sp³-hybridized carbons (Fsp3) is 0.188. The third kappa shape index (κ3) is 2.19. The van der Waals surface area contributed by atoms with E-state index in [1.54, 1.807) is 4.68 Å². The summed E-state index contributed by atoms with van der Waals surface area (Å²) in [5.41, 5.74) is 2.84. The zero-order valence-electron chi connectivity index (χ0n) is 13.2. The predicted molar refractivity (Wildman–Crippen MR) is 86.0 cm³/mol. The summed E-state index contributed by atoms with van der Waals surface area (Å²) in [4.78, 5) is 17.0. The van der Waals surface area contributed by atoms with Gasteiger partial charge in [-0.1, -0.05) is 28.6 Å². The van der Waals surface area contributed by atoms with Crippen LogP contribution in [0, 0.1) is 13.8 Å². The Bertz CT molecular complexity index is 1060. The van der Waals surface area contributed by atoms with Crippen molar-refractivity contribution in [2.75, 3.05) is 0 Å². The van der Waals surface area contributed by atoms with Gasteiger partial charge in [-0.25, -0.2) is 4.98 Å². The number of rotatable bonds is 3. The van der Waals surface area contributed by atoms with Crippen LogP contribution in [-0.4, -0.2) is 29.7 Å². The van der Waals surface area contributed by atoms with E-state index in [0.29, 0.717) is 18.0 Å². The number of hydrogen-bond donors (Lipinski definition) is 0. The Morgan fingerprint density at radius 2 is 1.96 bits per heavy atom. The van der Waals surface area contributed by atoms with Gasteiger partial charge in [0.2, 0.25) is 0 Å². The molecule has 0 aliphatic heterocycles. The van der Waals surface area contributed by atoms with Crippen LogP contribution in [0.2, 0.25) is 0 Å². The van der Waals surface area contributed by atoms with Crippen LogP contribution < -0.4 is 5.56 Å². The van der Waals surface area contributed by atoms with Gasteiger partial charge in [0.15, 0.2) is 11.2 Å². The number of hydrogen-bond acceptors (Lipinski definition) is 6. The molecule has 0 amide bonds. The van der Waals surface area contributed by atoms with Crippen molar-refractivity contribution in [2.24, 2.45) is 0 Å². The highest BCUT2D eigenvalue weighted by molar-refractivity contribution is 5.70. The van der Waals surface area contributed by atoms with Crippen LogP contribution in [0.25, 0.3) is 16.9 Å². The molecule has 0 radical (unpaired) electrons. The zero-order valence-corrected chi connectivity index (χ0v) is 13.2. The van der Waals surface area contributed by atoms with Gasteiger partial charge >= 0.3 is 0 Å². The van der Waals surface area contributed by atoms with Crippen LogP contribution in [0.15, 0.2) is 46.0 Å². The van der Waals surface area contributed by atoms with Gasteiger partial charge in [0.1, 0.15) is 12.1 Å². The SMILES string of the molecule is Cc1noc(C)c1Cn1cnc2c(nnn2-c2ccccc2)c1=O. The fourth-order valence-corrected chi connectivity index (χ4v) is 2.60. The molecule has 0 unspecified atom stereocenters. The van der Waals surface area contributed by atoms with Crippen LogP contribution in [0.4, 0.5) is 0 Å². The smallest absolute Gasteiger partial charge is 0.283 e. The summed E-state index contributed by atoms with van der Waals surface area (Å²) in [5.74, 6) is 0.687. The molecular formula is C16H14N6O2. The lowest BCUT2D eigenvalue weighted by atomic mass is 10.2. The summed E-state index contributed by atoms with van der Waals surface area (Å²) in [6, 6.07) is 9.45. The molecular weight excluding hydrogens is 308 g/mol. The van der Waals surface area contributed by atoms with Crippen LogP contribution in [0.3, 0.4) is 0 Å². The summed E-state index contributed by atoms with van der Waals surface area (Å²) in [6.07, 6.45) is 1.50. The van der Waals surface area contributed by atoms with Crippen molar-refractivity contribution >= 4 is 11.2 Å². The number of aryl methyl sites for hydroxylation is 2. The monoisotopic (exact) mass is 322 g/mol. The molecule has 0 aliphatic carbocycles. The first-order valence-corrected chi connectivity index (χ1v) is 7.43.